The molecule has 0 aliphatic carbocycles. The van der Waals surface area contributed by atoms with Gasteiger partial charge in [0.1, 0.15) is 0 Å². The first-order valence-electron chi connectivity index (χ1n) is 7.21. The van der Waals surface area contributed by atoms with Crippen LogP contribution in [0.3, 0.4) is 0 Å². The van der Waals surface area contributed by atoms with Crippen molar-refractivity contribution < 1.29 is 12.3 Å². The second-order valence-electron chi connectivity index (χ2n) is 4.64. The molecule has 128 valence electrons. The van der Waals surface area contributed by atoms with Gasteiger partial charge in [0.2, 0.25) is 0 Å². The molecule has 0 aliphatic heterocycles. The molecule has 4 aromatic rings. The molecule has 9 heteroatoms. The summed E-state index contributed by atoms with van der Waals surface area (Å²) in [6, 6.07) is 15.3. The van der Waals surface area contributed by atoms with Crippen LogP contribution in [0.15, 0.2) is 70.1 Å². The summed E-state index contributed by atoms with van der Waals surface area (Å²) in [5.74, 6) is 0. The normalized spacial score (nSPS) is 11.2. The van der Waals surface area contributed by atoms with Gasteiger partial charge in [-0.25, -0.2) is 0 Å². The molecule has 0 amide bonds. The van der Waals surface area contributed by atoms with Crippen LogP contribution in [0.5, 0.6) is 20.3 Å². The monoisotopic (exact) mass is 516 g/mol. The Morgan fingerprint density at radius 3 is 0.960 bits per heavy atom. The van der Waals surface area contributed by atoms with Gasteiger partial charge in [-0.15, -0.1) is 0 Å². The topological polar surface area (TPSA) is 36.9 Å². The Morgan fingerprint density at radius 1 is 0.480 bits per heavy atom. The standard InChI is InChI=1S/4C4H4OS.Sn/c4*5-4-2-1-3-6-4;/h4*1-3,5H;/q;;;;+4/p-4. The Labute approximate surface area is 166 Å². The third kappa shape index (κ3) is 4.50. The molecule has 0 fully saturated rings. The molecule has 0 radical (unpaired) electrons. The van der Waals surface area contributed by atoms with Crippen molar-refractivity contribution in [3.8, 4) is 20.3 Å². The summed E-state index contributed by atoms with van der Waals surface area (Å²) < 4.78 is 25.0. The van der Waals surface area contributed by atoms with Crippen LogP contribution in [-0.2, 0) is 0 Å². The van der Waals surface area contributed by atoms with Crippen LogP contribution in [0.4, 0.5) is 0 Å². The van der Waals surface area contributed by atoms with E-state index >= 15 is 0 Å². The van der Waals surface area contributed by atoms with E-state index in [9.17, 15) is 0 Å². The fourth-order valence-electron chi connectivity index (χ4n) is 1.90. The van der Waals surface area contributed by atoms with E-state index in [1.807, 2.05) is 70.1 Å². The van der Waals surface area contributed by atoms with E-state index < -0.39 is 20.0 Å². The van der Waals surface area contributed by atoms with Gasteiger partial charge in [-0.1, -0.05) is 0 Å². The molecule has 4 heterocycles. The van der Waals surface area contributed by atoms with E-state index in [4.69, 9.17) is 12.3 Å². The average Bonchev–Trinajstić information content (AvgIpc) is 3.37. The summed E-state index contributed by atoms with van der Waals surface area (Å²) in [4.78, 5) is 0. The molecule has 0 bridgehead atoms. The van der Waals surface area contributed by atoms with Crippen molar-refractivity contribution in [2.75, 3.05) is 0 Å². The van der Waals surface area contributed by atoms with Crippen LogP contribution in [0.1, 0.15) is 0 Å². The van der Waals surface area contributed by atoms with Gasteiger partial charge in [0.05, 0.1) is 0 Å². The molecule has 0 atom stereocenters. The maximum atomic E-state index is 6.24. The summed E-state index contributed by atoms with van der Waals surface area (Å²) in [5.41, 5.74) is 0. The van der Waals surface area contributed by atoms with Gasteiger partial charge >= 0.3 is 168 Å². The van der Waals surface area contributed by atoms with Gasteiger partial charge in [-0.05, 0) is 0 Å². The van der Waals surface area contributed by atoms with Crippen molar-refractivity contribution in [3.63, 3.8) is 0 Å². The van der Waals surface area contributed by atoms with Gasteiger partial charge in [0, 0.05) is 0 Å². The zero-order chi connectivity index (χ0) is 17.0. The molecule has 0 N–H and O–H groups in total. The Hall–Kier alpha value is -1.20. The van der Waals surface area contributed by atoms with Gasteiger partial charge in [-0.2, -0.15) is 0 Å². The van der Waals surface area contributed by atoms with Gasteiger partial charge in [0.25, 0.3) is 0 Å². The fourth-order valence-corrected chi connectivity index (χ4v) is 12.6. The predicted molar refractivity (Wildman–Crippen MR) is 106 cm³/mol. The minimum atomic E-state index is -4.50. The second-order valence-corrected chi connectivity index (χ2v) is 13.5. The summed E-state index contributed by atoms with van der Waals surface area (Å²) in [7, 11) is 0. The molecule has 0 saturated heterocycles. The zero-order valence-electron chi connectivity index (χ0n) is 12.7. The summed E-state index contributed by atoms with van der Waals surface area (Å²) in [6.07, 6.45) is 0. The molecule has 0 aromatic carbocycles. The maximum absolute atomic E-state index is 6.24. The molecular weight excluding hydrogens is 503 g/mol. The number of hydrogen-bond acceptors (Lipinski definition) is 8. The molecular formula is C16H12O4S4Sn. The molecule has 0 spiro atoms. The van der Waals surface area contributed by atoms with Crippen molar-refractivity contribution in [2.45, 2.75) is 0 Å². The van der Waals surface area contributed by atoms with Crippen LogP contribution in [-0.4, -0.2) is 20.0 Å². The van der Waals surface area contributed by atoms with E-state index in [2.05, 4.69) is 0 Å². The quantitative estimate of drug-likeness (QED) is 0.271. The molecule has 4 nitrogen and oxygen atoms in total. The molecule has 0 unspecified atom stereocenters. The van der Waals surface area contributed by atoms with Crippen LogP contribution >= 0.6 is 45.3 Å². The fraction of sp³-hybridized carbons (Fsp3) is 0. The third-order valence-corrected chi connectivity index (χ3v) is 12.9. The van der Waals surface area contributed by atoms with E-state index in [0.29, 0.717) is 0 Å². The van der Waals surface area contributed by atoms with Gasteiger partial charge in [0.15, 0.2) is 0 Å². The Bertz CT molecular complexity index is 707. The Morgan fingerprint density at radius 2 is 0.760 bits per heavy atom. The van der Waals surface area contributed by atoms with Crippen LogP contribution in [0, 0.1) is 0 Å². The van der Waals surface area contributed by atoms with Gasteiger partial charge < -0.3 is 0 Å². The van der Waals surface area contributed by atoms with Crippen LogP contribution < -0.4 is 12.3 Å². The first-order chi connectivity index (χ1) is 12.3. The van der Waals surface area contributed by atoms with E-state index in [1.54, 1.807) is 0 Å². The SMILES string of the molecule is c1csc([O][Sn]([O]c2cccs2)([O]c2cccs2)[O]c2cccs2)c1. The molecule has 0 saturated carbocycles. The Kier molecular flexibility index (Phi) is 5.51. The van der Waals surface area contributed by atoms with Crippen LogP contribution in [0.25, 0.3) is 0 Å². The van der Waals surface area contributed by atoms with Crippen molar-refractivity contribution >= 4 is 65.4 Å². The third-order valence-electron chi connectivity index (χ3n) is 2.88. The molecule has 25 heavy (non-hydrogen) atoms. The first kappa shape index (κ1) is 17.2. The van der Waals surface area contributed by atoms with Crippen molar-refractivity contribution in [2.24, 2.45) is 0 Å². The number of thiophene rings is 4. The molecule has 4 aromatic heterocycles. The minimum absolute atomic E-state index is 0.723. The zero-order valence-corrected chi connectivity index (χ0v) is 18.8. The average molecular weight is 515 g/mol. The van der Waals surface area contributed by atoms with Crippen molar-refractivity contribution in [1.82, 2.24) is 0 Å². The number of rotatable bonds is 8. The van der Waals surface area contributed by atoms with Gasteiger partial charge in [-0.3, -0.25) is 0 Å². The second kappa shape index (κ2) is 8.00. The first-order valence-corrected chi connectivity index (χ1v) is 15.4. The number of hydrogen-bond donors (Lipinski definition) is 0. The summed E-state index contributed by atoms with van der Waals surface area (Å²) in [6.45, 7) is 0. The van der Waals surface area contributed by atoms with E-state index in [0.717, 1.165) is 20.3 Å². The summed E-state index contributed by atoms with van der Waals surface area (Å²) in [5, 5.41) is 10.7. The summed E-state index contributed by atoms with van der Waals surface area (Å²) >= 11 is 1.45. The van der Waals surface area contributed by atoms with Crippen molar-refractivity contribution in [1.29, 1.82) is 0 Å². The Balaban J connectivity index is 1.70. The van der Waals surface area contributed by atoms with E-state index in [-0.39, 0.29) is 0 Å². The van der Waals surface area contributed by atoms with Crippen molar-refractivity contribution in [3.05, 3.63) is 70.1 Å². The molecule has 4 rings (SSSR count). The van der Waals surface area contributed by atoms with E-state index in [1.165, 1.54) is 45.3 Å². The predicted octanol–water partition coefficient (Wildman–Crippen LogP) is 5.98. The molecule has 0 aliphatic rings. The van der Waals surface area contributed by atoms with Crippen LogP contribution in [0.2, 0.25) is 0 Å².